The lowest BCUT2D eigenvalue weighted by molar-refractivity contribution is -0.137. The Labute approximate surface area is 75.3 Å². The number of hydrogen-bond acceptors (Lipinski definition) is 1. The van der Waals surface area contributed by atoms with Crippen LogP contribution in [0.4, 0.5) is 0 Å². The highest BCUT2D eigenvalue weighted by molar-refractivity contribution is 5.66. The van der Waals surface area contributed by atoms with E-state index in [4.69, 9.17) is 5.11 Å². The summed E-state index contributed by atoms with van der Waals surface area (Å²) in [5, 5.41) is 8.27. The molecule has 2 nitrogen and oxygen atoms in total. The maximum atomic E-state index is 10.0. The van der Waals surface area contributed by atoms with Gasteiger partial charge in [-0.15, -0.1) is 13.2 Å². The smallest absolute Gasteiger partial charge is 0.303 e. The highest BCUT2D eigenvalue weighted by Crippen LogP contribution is 2.04. The third kappa shape index (κ3) is 16.1. The van der Waals surface area contributed by atoms with Crippen molar-refractivity contribution in [2.45, 2.75) is 45.4 Å². The SMILES string of the molecule is C=C.CCCCCCCC(=O)O. The van der Waals surface area contributed by atoms with Crippen LogP contribution >= 0.6 is 0 Å². The van der Waals surface area contributed by atoms with Crippen LogP contribution in [0.3, 0.4) is 0 Å². The van der Waals surface area contributed by atoms with E-state index < -0.39 is 5.97 Å². The Morgan fingerprint density at radius 2 is 1.67 bits per heavy atom. The minimum absolute atomic E-state index is 0.337. The molecule has 0 fully saturated rings. The fourth-order valence-electron chi connectivity index (χ4n) is 0.880. The van der Waals surface area contributed by atoms with Gasteiger partial charge in [-0.1, -0.05) is 32.6 Å². The quantitative estimate of drug-likeness (QED) is 0.493. The van der Waals surface area contributed by atoms with E-state index in [1.165, 1.54) is 19.3 Å². The minimum Gasteiger partial charge on any atom is -0.481 e. The average molecular weight is 172 g/mol. The van der Waals surface area contributed by atoms with Crippen molar-refractivity contribution in [3.05, 3.63) is 13.2 Å². The number of carbonyl (C=O) groups is 1. The standard InChI is InChI=1S/C8H16O2.C2H4/c1-2-3-4-5-6-7-8(9)10;1-2/h2-7H2,1H3,(H,9,10);1-2H2. The first-order valence-corrected chi connectivity index (χ1v) is 4.49. The van der Waals surface area contributed by atoms with Gasteiger partial charge in [0.15, 0.2) is 0 Å². The summed E-state index contributed by atoms with van der Waals surface area (Å²) in [6.07, 6.45) is 5.88. The first-order chi connectivity index (χ1) is 5.77. The molecule has 0 radical (unpaired) electrons. The van der Waals surface area contributed by atoms with Gasteiger partial charge in [0.2, 0.25) is 0 Å². The summed E-state index contributed by atoms with van der Waals surface area (Å²) in [5.41, 5.74) is 0. The Morgan fingerprint density at radius 3 is 2.08 bits per heavy atom. The van der Waals surface area contributed by atoms with Crippen LogP contribution in [-0.4, -0.2) is 11.1 Å². The lowest BCUT2D eigenvalue weighted by atomic mass is 10.1. The summed E-state index contributed by atoms with van der Waals surface area (Å²) in [6, 6.07) is 0. The van der Waals surface area contributed by atoms with Crippen molar-refractivity contribution >= 4 is 5.97 Å². The van der Waals surface area contributed by atoms with Gasteiger partial charge in [-0.25, -0.2) is 0 Å². The van der Waals surface area contributed by atoms with Crippen LogP contribution in [0.5, 0.6) is 0 Å². The second-order valence-corrected chi connectivity index (χ2v) is 2.56. The Kier molecular flexibility index (Phi) is 14.8. The number of carboxylic acid groups (broad SMARTS) is 1. The van der Waals surface area contributed by atoms with Crippen LogP contribution in [0.1, 0.15) is 45.4 Å². The highest BCUT2D eigenvalue weighted by Gasteiger charge is 1.94. The predicted octanol–water partition coefficient (Wildman–Crippen LogP) is 3.23. The van der Waals surface area contributed by atoms with Gasteiger partial charge in [-0.05, 0) is 6.42 Å². The molecule has 0 aliphatic heterocycles. The van der Waals surface area contributed by atoms with E-state index in [0.717, 1.165) is 12.8 Å². The maximum Gasteiger partial charge on any atom is 0.303 e. The van der Waals surface area contributed by atoms with Crippen LogP contribution in [0.25, 0.3) is 0 Å². The lowest BCUT2D eigenvalue weighted by Crippen LogP contribution is -1.93. The van der Waals surface area contributed by atoms with E-state index in [1.54, 1.807) is 0 Å². The zero-order chi connectivity index (χ0) is 9.82. The van der Waals surface area contributed by atoms with Gasteiger partial charge in [0.05, 0.1) is 0 Å². The van der Waals surface area contributed by atoms with Crippen molar-refractivity contribution in [2.24, 2.45) is 0 Å². The van der Waals surface area contributed by atoms with Gasteiger partial charge < -0.3 is 5.11 Å². The molecular formula is C10H20O2. The van der Waals surface area contributed by atoms with Gasteiger partial charge in [-0.2, -0.15) is 0 Å². The van der Waals surface area contributed by atoms with E-state index in [-0.39, 0.29) is 0 Å². The summed E-state index contributed by atoms with van der Waals surface area (Å²) in [6.45, 7) is 8.15. The van der Waals surface area contributed by atoms with Crippen LogP contribution in [0.15, 0.2) is 13.2 Å². The molecule has 0 aliphatic rings. The predicted molar refractivity (Wildman–Crippen MR) is 52.3 cm³/mol. The number of rotatable bonds is 6. The normalized spacial score (nSPS) is 8.42. The van der Waals surface area contributed by atoms with E-state index in [2.05, 4.69) is 20.1 Å². The Balaban J connectivity index is 0. The summed E-state index contributed by atoms with van der Waals surface area (Å²) < 4.78 is 0. The first kappa shape index (κ1) is 13.8. The van der Waals surface area contributed by atoms with E-state index in [9.17, 15) is 4.79 Å². The molecule has 0 aliphatic carbocycles. The molecule has 0 heterocycles. The molecule has 0 saturated carbocycles. The third-order valence-corrected chi connectivity index (χ3v) is 1.49. The Morgan fingerprint density at radius 1 is 1.17 bits per heavy atom. The van der Waals surface area contributed by atoms with Gasteiger partial charge in [-0.3, -0.25) is 4.79 Å². The average Bonchev–Trinajstić information content (AvgIpc) is 2.07. The Bertz CT molecular complexity index is 100. The zero-order valence-corrected chi connectivity index (χ0v) is 8.01. The topological polar surface area (TPSA) is 37.3 Å². The molecule has 0 aromatic carbocycles. The van der Waals surface area contributed by atoms with Crippen molar-refractivity contribution in [2.75, 3.05) is 0 Å². The number of carboxylic acids is 1. The molecule has 0 unspecified atom stereocenters. The summed E-state index contributed by atoms with van der Waals surface area (Å²) in [7, 11) is 0. The molecule has 0 rings (SSSR count). The summed E-state index contributed by atoms with van der Waals surface area (Å²) in [5.74, 6) is -0.670. The molecule has 72 valence electrons. The Hall–Kier alpha value is -0.790. The summed E-state index contributed by atoms with van der Waals surface area (Å²) >= 11 is 0. The van der Waals surface area contributed by atoms with E-state index in [0.29, 0.717) is 6.42 Å². The fourth-order valence-corrected chi connectivity index (χ4v) is 0.880. The van der Waals surface area contributed by atoms with Crippen LogP contribution in [0.2, 0.25) is 0 Å². The second kappa shape index (κ2) is 12.8. The number of hydrogen-bond donors (Lipinski definition) is 1. The highest BCUT2D eigenvalue weighted by atomic mass is 16.4. The van der Waals surface area contributed by atoms with Crippen molar-refractivity contribution < 1.29 is 9.90 Å². The molecule has 12 heavy (non-hydrogen) atoms. The summed E-state index contributed by atoms with van der Waals surface area (Å²) in [4.78, 5) is 10.0. The monoisotopic (exact) mass is 172 g/mol. The zero-order valence-electron chi connectivity index (χ0n) is 8.01. The molecular weight excluding hydrogens is 152 g/mol. The molecule has 0 spiro atoms. The van der Waals surface area contributed by atoms with Gasteiger partial charge >= 0.3 is 5.97 Å². The largest absolute Gasteiger partial charge is 0.481 e. The molecule has 0 saturated heterocycles. The van der Waals surface area contributed by atoms with Gasteiger partial charge in [0.25, 0.3) is 0 Å². The molecule has 0 atom stereocenters. The second-order valence-electron chi connectivity index (χ2n) is 2.56. The molecule has 0 aromatic rings. The molecule has 0 aromatic heterocycles. The van der Waals surface area contributed by atoms with Crippen molar-refractivity contribution in [3.8, 4) is 0 Å². The number of unbranched alkanes of at least 4 members (excludes halogenated alkanes) is 4. The fraction of sp³-hybridized carbons (Fsp3) is 0.700. The minimum atomic E-state index is -0.670. The lowest BCUT2D eigenvalue weighted by Gasteiger charge is -1.95. The van der Waals surface area contributed by atoms with Crippen LogP contribution in [-0.2, 0) is 4.79 Å². The van der Waals surface area contributed by atoms with Gasteiger partial charge in [0.1, 0.15) is 0 Å². The van der Waals surface area contributed by atoms with E-state index in [1.807, 2.05) is 0 Å². The maximum absolute atomic E-state index is 10.0. The van der Waals surface area contributed by atoms with E-state index >= 15 is 0 Å². The number of aliphatic carboxylic acids is 1. The molecule has 0 amide bonds. The van der Waals surface area contributed by atoms with Gasteiger partial charge in [0, 0.05) is 6.42 Å². The molecule has 0 bridgehead atoms. The first-order valence-electron chi connectivity index (χ1n) is 4.49. The van der Waals surface area contributed by atoms with Crippen LogP contribution < -0.4 is 0 Å². The molecule has 1 N–H and O–H groups in total. The van der Waals surface area contributed by atoms with Crippen LogP contribution in [0, 0.1) is 0 Å². The third-order valence-electron chi connectivity index (χ3n) is 1.49. The van der Waals surface area contributed by atoms with Crippen molar-refractivity contribution in [1.29, 1.82) is 0 Å². The van der Waals surface area contributed by atoms with Crippen molar-refractivity contribution in [1.82, 2.24) is 0 Å². The molecule has 2 heteroatoms. The van der Waals surface area contributed by atoms with Crippen molar-refractivity contribution in [3.63, 3.8) is 0 Å².